The van der Waals surface area contributed by atoms with E-state index in [0.717, 1.165) is 0 Å². The van der Waals surface area contributed by atoms with Gasteiger partial charge in [0.05, 0.1) is 17.3 Å². The van der Waals surface area contributed by atoms with Crippen molar-refractivity contribution >= 4 is 21.6 Å². The highest BCUT2D eigenvalue weighted by Gasteiger charge is 2.36. The molecule has 0 aromatic carbocycles. The van der Waals surface area contributed by atoms with E-state index in [2.05, 4.69) is 10.4 Å². The molecule has 1 N–H and O–H groups in total. The number of likely N-dealkylation sites (N-methyl/N-ethyl adjacent to an activating group) is 1. The summed E-state index contributed by atoms with van der Waals surface area (Å²) < 4.78 is 27.7. The zero-order chi connectivity index (χ0) is 12.6. The molecule has 2 rings (SSSR count). The van der Waals surface area contributed by atoms with Gasteiger partial charge in [-0.25, -0.2) is 8.42 Å². The van der Waals surface area contributed by atoms with Gasteiger partial charge in [-0.1, -0.05) is 18.5 Å². The number of hydrogen-bond donors (Lipinski definition) is 1. The monoisotopic (exact) mass is 278 g/mol. The lowest BCUT2D eigenvalue weighted by Crippen LogP contribution is -2.58. The van der Waals surface area contributed by atoms with Crippen LogP contribution in [-0.2, 0) is 17.1 Å². The summed E-state index contributed by atoms with van der Waals surface area (Å²) in [6.07, 6.45) is 1.35. The second-order valence-corrected chi connectivity index (χ2v) is 6.15. The number of hydrogen-bond acceptors (Lipinski definition) is 4. The van der Waals surface area contributed by atoms with E-state index in [0.29, 0.717) is 19.6 Å². The van der Waals surface area contributed by atoms with Gasteiger partial charge >= 0.3 is 0 Å². The van der Waals surface area contributed by atoms with Crippen LogP contribution in [0.4, 0.5) is 0 Å². The summed E-state index contributed by atoms with van der Waals surface area (Å²) >= 11 is 5.89. The third-order valence-corrected chi connectivity index (χ3v) is 5.41. The maximum atomic E-state index is 12.5. The van der Waals surface area contributed by atoms with Crippen molar-refractivity contribution in [3.8, 4) is 0 Å². The van der Waals surface area contributed by atoms with Crippen LogP contribution in [0.2, 0.25) is 5.02 Å². The number of halogens is 1. The summed E-state index contributed by atoms with van der Waals surface area (Å²) in [5, 5.41) is 7.15. The van der Waals surface area contributed by atoms with Gasteiger partial charge in [0.1, 0.15) is 0 Å². The Morgan fingerprint density at radius 1 is 1.65 bits per heavy atom. The number of aryl methyl sites for hydroxylation is 1. The van der Waals surface area contributed by atoms with Crippen LogP contribution in [0.15, 0.2) is 11.2 Å². The summed E-state index contributed by atoms with van der Waals surface area (Å²) in [6, 6.07) is 0.0102. The number of aromatic nitrogens is 2. The van der Waals surface area contributed by atoms with Crippen LogP contribution in [0.1, 0.15) is 6.92 Å². The van der Waals surface area contributed by atoms with E-state index in [9.17, 15) is 8.42 Å². The standard InChI is InChI=1S/C9H15ClN4O2S/c1-3-14(7-4-11-5-7)17(15,16)9-8(10)6-12-13(9)2/h6-7,11H,3-5H2,1-2H3. The summed E-state index contributed by atoms with van der Waals surface area (Å²) in [5.41, 5.74) is 0. The van der Waals surface area contributed by atoms with Gasteiger partial charge in [0.25, 0.3) is 10.0 Å². The topological polar surface area (TPSA) is 67.2 Å². The first kappa shape index (κ1) is 12.8. The van der Waals surface area contributed by atoms with E-state index in [4.69, 9.17) is 11.6 Å². The molecule has 0 radical (unpaired) electrons. The molecule has 96 valence electrons. The Morgan fingerprint density at radius 3 is 2.65 bits per heavy atom. The Hall–Kier alpha value is -0.630. The molecule has 1 aliphatic rings. The van der Waals surface area contributed by atoms with E-state index in [1.807, 2.05) is 6.92 Å². The highest BCUT2D eigenvalue weighted by molar-refractivity contribution is 7.89. The third-order valence-electron chi connectivity index (χ3n) is 2.87. The Balaban J connectivity index is 2.41. The van der Waals surface area contributed by atoms with Crippen LogP contribution in [0, 0.1) is 0 Å². The maximum Gasteiger partial charge on any atom is 0.262 e. The molecule has 0 bridgehead atoms. The molecule has 0 atom stereocenters. The van der Waals surface area contributed by atoms with Gasteiger partial charge < -0.3 is 5.32 Å². The van der Waals surface area contributed by atoms with Crippen LogP contribution >= 0.6 is 11.6 Å². The normalized spacial score (nSPS) is 17.4. The zero-order valence-electron chi connectivity index (χ0n) is 9.72. The lowest BCUT2D eigenvalue weighted by molar-refractivity contribution is 0.248. The molecule has 0 saturated carbocycles. The number of rotatable bonds is 4. The molecular weight excluding hydrogens is 264 g/mol. The van der Waals surface area contributed by atoms with Crippen molar-refractivity contribution in [2.75, 3.05) is 19.6 Å². The lowest BCUT2D eigenvalue weighted by atomic mass is 10.2. The van der Waals surface area contributed by atoms with Gasteiger partial charge in [-0.05, 0) is 0 Å². The highest BCUT2D eigenvalue weighted by atomic mass is 35.5. The van der Waals surface area contributed by atoms with Gasteiger partial charge in [-0.15, -0.1) is 0 Å². The van der Waals surface area contributed by atoms with Crippen molar-refractivity contribution in [3.05, 3.63) is 11.2 Å². The highest BCUT2D eigenvalue weighted by Crippen LogP contribution is 2.25. The van der Waals surface area contributed by atoms with E-state index in [-0.39, 0.29) is 16.1 Å². The van der Waals surface area contributed by atoms with Crippen LogP contribution < -0.4 is 5.32 Å². The van der Waals surface area contributed by atoms with Crippen LogP contribution in [0.3, 0.4) is 0 Å². The van der Waals surface area contributed by atoms with Gasteiger partial charge in [-0.2, -0.15) is 9.40 Å². The molecule has 2 heterocycles. The van der Waals surface area contributed by atoms with E-state index in [1.54, 1.807) is 7.05 Å². The summed E-state index contributed by atoms with van der Waals surface area (Å²) in [7, 11) is -1.99. The van der Waals surface area contributed by atoms with Crippen molar-refractivity contribution < 1.29 is 8.42 Å². The Bertz CT molecular complexity index is 490. The minimum absolute atomic E-state index is 0.0102. The first-order chi connectivity index (χ1) is 7.98. The largest absolute Gasteiger partial charge is 0.313 e. The average molecular weight is 279 g/mol. The molecule has 1 aliphatic heterocycles. The second-order valence-electron chi connectivity index (χ2n) is 3.94. The molecule has 17 heavy (non-hydrogen) atoms. The fourth-order valence-electron chi connectivity index (χ4n) is 1.90. The minimum Gasteiger partial charge on any atom is -0.313 e. The molecule has 0 spiro atoms. The van der Waals surface area contributed by atoms with Gasteiger partial charge in [0, 0.05) is 26.7 Å². The fraction of sp³-hybridized carbons (Fsp3) is 0.667. The predicted molar refractivity (Wildman–Crippen MR) is 64.4 cm³/mol. The van der Waals surface area contributed by atoms with Crippen LogP contribution in [-0.4, -0.2) is 48.2 Å². The molecule has 1 aromatic heterocycles. The smallest absolute Gasteiger partial charge is 0.262 e. The first-order valence-electron chi connectivity index (χ1n) is 5.38. The van der Waals surface area contributed by atoms with Crippen LogP contribution in [0.5, 0.6) is 0 Å². The molecular formula is C9H15ClN4O2S. The lowest BCUT2D eigenvalue weighted by Gasteiger charge is -2.36. The Morgan fingerprint density at radius 2 is 2.29 bits per heavy atom. The fourth-order valence-corrected chi connectivity index (χ4v) is 4.14. The SMILES string of the molecule is CCN(C1CNC1)S(=O)(=O)c1c(Cl)cnn1C. The molecule has 8 heteroatoms. The van der Waals surface area contributed by atoms with Crippen molar-refractivity contribution in [1.29, 1.82) is 0 Å². The van der Waals surface area contributed by atoms with Gasteiger partial charge in [0.2, 0.25) is 0 Å². The molecule has 1 aromatic rings. The quantitative estimate of drug-likeness (QED) is 0.846. The second kappa shape index (κ2) is 4.56. The van der Waals surface area contributed by atoms with E-state index >= 15 is 0 Å². The van der Waals surface area contributed by atoms with Gasteiger partial charge in [-0.3, -0.25) is 4.68 Å². The molecule has 0 amide bonds. The van der Waals surface area contributed by atoms with Crippen LogP contribution in [0.25, 0.3) is 0 Å². The number of nitrogens with zero attached hydrogens (tertiary/aromatic N) is 3. The van der Waals surface area contributed by atoms with E-state index < -0.39 is 10.0 Å². The Kier molecular flexibility index (Phi) is 3.44. The summed E-state index contributed by atoms with van der Waals surface area (Å²) in [5.74, 6) is 0. The predicted octanol–water partition coefficient (Wildman–Crippen LogP) is 0.0559. The molecule has 0 unspecified atom stereocenters. The van der Waals surface area contributed by atoms with E-state index in [1.165, 1.54) is 15.2 Å². The summed E-state index contributed by atoms with van der Waals surface area (Å²) in [6.45, 7) is 3.61. The number of nitrogens with one attached hydrogen (secondary N) is 1. The van der Waals surface area contributed by atoms with Crippen molar-refractivity contribution in [2.45, 2.75) is 18.0 Å². The number of sulfonamides is 1. The zero-order valence-corrected chi connectivity index (χ0v) is 11.3. The minimum atomic E-state index is -3.57. The maximum absolute atomic E-state index is 12.5. The molecule has 6 nitrogen and oxygen atoms in total. The first-order valence-corrected chi connectivity index (χ1v) is 7.20. The van der Waals surface area contributed by atoms with Crippen molar-refractivity contribution in [3.63, 3.8) is 0 Å². The molecule has 1 saturated heterocycles. The van der Waals surface area contributed by atoms with Gasteiger partial charge in [0.15, 0.2) is 5.03 Å². The Labute approximate surface area is 106 Å². The third kappa shape index (κ3) is 2.08. The van der Waals surface area contributed by atoms with Crippen molar-refractivity contribution in [2.24, 2.45) is 7.05 Å². The molecule has 1 fully saturated rings. The van der Waals surface area contributed by atoms with Crippen molar-refractivity contribution in [1.82, 2.24) is 19.4 Å². The molecule has 0 aliphatic carbocycles. The summed E-state index contributed by atoms with van der Waals surface area (Å²) in [4.78, 5) is 0. The average Bonchev–Trinajstić information content (AvgIpc) is 2.51.